The topological polar surface area (TPSA) is 66.7 Å². The maximum Gasteiger partial charge on any atom is 0.267 e. The highest BCUT2D eigenvalue weighted by molar-refractivity contribution is 8.26. The number of fused-ring (bicyclic) bond motifs is 1. The van der Waals surface area contributed by atoms with Crippen LogP contribution in [-0.4, -0.2) is 38.1 Å². The molecule has 0 atom stereocenters. The molecule has 0 aliphatic carbocycles. The Kier molecular flexibility index (Phi) is 4.73. The van der Waals surface area contributed by atoms with Crippen molar-refractivity contribution in [3.05, 3.63) is 57.4 Å². The predicted octanol–water partition coefficient (Wildman–Crippen LogP) is 2.43. The molecule has 128 valence electrons. The van der Waals surface area contributed by atoms with Crippen molar-refractivity contribution in [2.45, 2.75) is 6.92 Å². The van der Waals surface area contributed by atoms with Crippen molar-refractivity contribution < 1.29 is 4.79 Å². The van der Waals surface area contributed by atoms with E-state index >= 15 is 0 Å². The van der Waals surface area contributed by atoms with Crippen molar-refractivity contribution in [2.75, 3.05) is 18.9 Å². The van der Waals surface area contributed by atoms with Crippen molar-refractivity contribution in [3.8, 4) is 0 Å². The minimum atomic E-state index is -0.248. The number of aromatic nitrogens is 2. The molecule has 0 spiro atoms. The number of amides is 1. The van der Waals surface area contributed by atoms with Gasteiger partial charge in [0.15, 0.2) is 0 Å². The SMILES string of the molecule is C=CCNc1nc2c(C)cccn2c(=O)c1/C=C1/SC(=S)N(C)C1=O. The van der Waals surface area contributed by atoms with Gasteiger partial charge in [0.05, 0.1) is 10.5 Å². The smallest absolute Gasteiger partial charge is 0.267 e. The molecule has 0 saturated carbocycles. The van der Waals surface area contributed by atoms with E-state index in [1.165, 1.54) is 21.1 Å². The van der Waals surface area contributed by atoms with Gasteiger partial charge in [-0.15, -0.1) is 6.58 Å². The molecule has 2 aromatic heterocycles. The summed E-state index contributed by atoms with van der Waals surface area (Å²) in [4.78, 5) is 31.6. The zero-order valence-corrected chi connectivity index (χ0v) is 15.4. The fourth-order valence-corrected chi connectivity index (χ4v) is 3.58. The number of nitrogens with one attached hydrogen (secondary N) is 1. The van der Waals surface area contributed by atoms with Crippen LogP contribution in [0.2, 0.25) is 0 Å². The van der Waals surface area contributed by atoms with E-state index in [4.69, 9.17) is 12.2 Å². The first-order valence-electron chi connectivity index (χ1n) is 7.52. The van der Waals surface area contributed by atoms with Crippen LogP contribution in [0, 0.1) is 6.92 Å². The van der Waals surface area contributed by atoms with Gasteiger partial charge < -0.3 is 5.32 Å². The summed E-state index contributed by atoms with van der Waals surface area (Å²) in [6, 6.07) is 3.68. The van der Waals surface area contributed by atoms with Crippen LogP contribution < -0.4 is 10.9 Å². The van der Waals surface area contributed by atoms with Crippen molar-refractivity contribution in [1.82, 2.24) is 14.3 Å². The first-order valence-corrected chi connectivity index (χ1v) is 8.75. The van der Waals surface area contributed by atoms with Gasteiger partial charge in [0.25, 0.3) is 11.5 Å². The van der Waals surface area contributed by atoms with Gasteiger partial charge in [-0.2, -0.15) is 0 Å². The molecular weight excluding hydrogens is 356 g/mol. The average Bonchev–Trinajstić information content (AvgIpc) is 2.83. The predicted molar refractivity (Wildman–Crippen MR) is 106 cm³/mol. The lowest BCUT2D eigenvalue weighted by atomic mass is 10.2. The molecule has 1 saturated heterocycles. The fourth-order valence-electron chi connectivity index (χ4n) is 2.42. The number of aryl methyl sites for hydroxylation is 1. The fraction of sp³-hybridized carbons (Fsp3) is 0.176. The summed E-state index contributed by atoms with van der Waals surface area (Å²) in [6.07, 6.45) is 4.90. The second-order valence-corrected chi connectivity index (χ2v) is 7.15. The van der Waals surface area contributed by atoms with Gasteiger partial charge in [-0.05, 0) is 24.6 Å². The first kappa shape index (κ1) is 17.4. The maximum atomic E-state index is 13.0. The highest BCUT2D eigenvalue weighted by atomic mass is 32.2. The summed E-state index contributed by atoms with van der Waals surface area (Å²) >= 11 is 6.31. The highest BCUT2D eigenvalue weighted by Crippen LogP contribution is 2.31. The molecule has 1 aliphatic heterocycles. The molecule has 0 radical (unpaired) electrons. The molecule has 25 heavy (non-hydrogen) atoms. The summed E-state index contributed by atoms with van der Waals surface area (Å²) < 4.78 is 1.94. The molecule has 8 heteroatoms. The summed E-state index contributed by atoms with van der Waals surface area (Å²) in [5.41, 5.74) is 1.52. The molecule has 6 nitrogen and oxygen atoms in total. The summed E-state index contributed by atoms with van der Waals surface area (Å²) in [6.45, 7) is 6.01. The Bertz CT molecular complexity index is 994. The number of thiocarbonyl (C=S) groups is 1. The van der Waals surface area contributed by atoms with E-state index in [0.29, 0.717) is 32.8 Å². The van der Waals surface area contributed by atoms with Gasteiger partial charge in [-0.3, -0.25) is 18.9 Å². The number of likely N-dealkylation sites (N-methyl/N-ethyl adjacent to an activating group) is 1. The number of rotatable bonds is 4. The molecule has 0 bridgehead atoms. The van der Waals surface area contributed by atoms with Crippen LogP contribution in [0.5, 0.6) is 0 Å². The third-order valence-corrected chi connectivity index (χ3v) is 5.24. The van der Waals surface area contributed by atoms with Crippen molar-refractivity contribution >= 4 is 51.7 Å². The van der Waals surface area contributed by atoms with Crippen molar-refractivity contribution in [1.29, 1.82) is 0 Å². The second kappa shape index (κ2) is 6.81. The van der Waals surface area contributed by atoms with Gasteiger partial charge in [-0.1, -0.05) is 36.1 Å². The number of anilines is 1. The quantitative estimate of drug-likeness (QED) is 0.505. The lowest BCUT2D eigenvalue weighted by Crippen LogP contribution is -2.23. The number of pyridine rings is 1. The minimum absolute atomic E-state index is 0.224. The molecule has 0 aromatic carbocycles. The summed E-state index contributed by atoms with van der Waals surface area (Å²) in [5, 5.41) is 3.08. The maximum absolute atomic E-state index is 13.0. The van der Waals surface area contributed by atoms with Crippen LogP contribution in [0.15, 0.2) is 40.7 Å². The largest absolute Gasteiger partial charge is 0.366 e. The van der Waals surface area contributed by atoms with E-state index in [0.717, 1.165) is 5.56 Å². The zero-order valence-electron chi connectivity index (χ0n) is 13.8. The molecule has 1 aliphatic rings. The van der Waals surface area contributed by atoms with E-state index in [2.05, 4.69) is 16.9 Å². The molecule has 1 fully saturated rings. The summed E-state index contributed by atoms with van der Waals surface area (Å²) in [7, 11) is 1.62. The van der Waals surface area contributed by atoms with Crippen LogP contribution in [0.25, 0.3) is 11.7 Å². The molecule has 2 aromatic rings. The van der Waals surface area contributed by atoms with Gasteiger partial charge in [0, 0.05) is 19.8 Å². The number of nitrogens with zero attached hydrogens (tertiary/aromatic N) is 3. The van der Waals surface area contributed by atoms with E-state index in [9.17, 15) is 9.59 Å². The number of hydrogen-bond acceptors (Lipinski definition) is 6. The Balaban J connectivity index is 2.24. The number of carbonyl (C=O) groups excluding carboxylic acids is 1. The average molecular weight is 372 g/mol. The van der Waals surface area contributed by atoms with Gasteiger partial charge in [-0.25, -0.2) is 4.98 Å². The lowest BCUT2D eigenvalue weighted by Gasteiger charge is -2.11. The third kappa shape index (κ3) is 3.10. The normalized spacial score (nSPS) is 16.1. The van der Waals surface area contributed by atoms with Gasteiger partial charge in [0.2, 0.25) is 0 Å². The third-order valence-electron chi connectivity index (χ3n) is 3.76. The minimum Gasteiger partial charge on any atom is -0.366 e. The van der Waals surface area contributed by atoms with E-state index in [1.54, 1.807) is 31.5 Å². The molecule has 3 heterocycles. The lowest BCUT2D eigenvalue weighted by molar-refractivity contribution is -0.121. The van der Waals surface area contributed by atoms with Crippen LogP contribution >= 0.6 is 24.0 Å². The first-order chi connectivity index (χ1) is 11.9. The molecule has 0 unspecified atom stereocenters. The van der Waals surface area contributed by atoms with Crippen LogP contribution in [0.3, 0.4) is 0 Å². The van der Waals surface area contributed by atoms with E-state index in [-0.39, 0.29) is 11.5 Å². The summed E-state index contributed by atoms with van der Waals surface area (Å²) in [5.74, 6) is 0.194. The molecule has 1 amide bonds. The van der Waals surface area contributed by atoms with Crippen molar-refractivity contribution in [2.24, 2.45) is 0 Å². The Hall–Kier alpha value is -2.45. The Labute approximate surface area is 154 Å². The van der Waals surface area contributed by atoms with Gasteiger partial charge in [0.1, 0.15) is 15.8 Å². The Morgan fingerprint density at radius 1 is 1.44 bits per heavy atom. The van der Waals surface area contributed by atoms with Crippen LogP contribution in [0.4, 0.5) is 5.82 Å². The van der Waals surface area contributed by atoms with Gasteiger partial charge >= 0.3 is 0 Å². The van der Waals surface area contributed by atoms with Crippen LogP contribution in [-0.2, 0) is 4.79 Å². The zero-order chi connectivity index (χ0) is 18.1. The highest BCUT2D eigenvalue weighted by Gasteiger charge is 2.29. The Morgan fingerprint density at radius 3 is 2.84 bits per heavy atom. The second-order valence-electron chi connectivity index (χ2n) is 5.47. The number of carbonyl (C=O) groups is 1. The van der Waals surface area contributed by atoms with Crippen molar-refractivity contribution in [3.63, 3.8) is 0 Å². The number of hydrogen-bond donors (Lipinski definition) is 1. The number of thioether (sulfide) groups is 1. The Morgan fingerprint density at radius 2 is 2.20 bits per heavy atom. The molecule has 1 N–H and O–H groups in total. The molecule has 3 rings (SSSR count). The molecular formula is C17H16N4O2S2. The monoisotopic (exact) mass is 372 g/mol. The standard InChI is InChI=1S/C17H16N4O2S2/c1-4-7-18-13-11(9-12-16(23)20(3)17(24)25-12)15(22)21-8-5-6-10(2)14(21)19-13/h4-6,8-9,18H,1,7H2,2-3H3/b12-9+. The van der Waals surface area contributed by atoms with E-state index in [1.807, 2.05) is 13.0 Å². The van der Waals surface area contributed by atoms with E-state index < -0.39 is 0 Å². The van der Waals surface area contributed by atoms with Crippen LogP contribution in [0.1, 0.15) is 11.1 Å².